The first kappa shape index (κ1) is 15.6. The largest absolute Gasteiger partial charge is 0.485 e. The number of rotatable bonds is 6. The van der Waals surface area contributed by atoms with Gasteiger partial charge in [-0.15, -0.1) is 0 Å². The first-order valence-electron chi connectivity index (χ1n) is 8.19. The molecule has 1 N–H and O–H groups in total. The van der Waals surface area contributed by atoms with Crippen LogP contribution in [0.25, 0.3) is 0 Å². The molecule has 8 heteroatoms. The topological polar surface area (TPSA) is 97.6 Å². The third kappa shape index (κ3) is 2.95. The van der Waals surface area contributed by atoms with E-state index in [0.29, 0.717) is 11.6 Å². The second-order valence-electron chi connectivity index (χ2n) is 6.50. The van der Waals surface area contributed by atoms with Crippen LogP contribution in [-0.4, -0.2) is 32.5 Å². The highest BCUT2D eigenvalue weighted by molar-refractivity contribution is 6.07. The number of carbonyl (C=O) groups excluding carboxylic acids is 2. The number of nitrogens with one attached hydrogen (secondary N) is 1. The molecule has 1 saturated heterocycles. The summed E-state index contributed by atoms with van der Waals surface area (Å²) >= 11 is 0. The first-order chi connectivity index (χ1) is 12.1. The van der Waals surface area contributed by atoms with E-state index >= 15 is 0 Å². The van der Waals surface area contributed by atoms with Gasteiger partial charge in [0.15, 0.2) is 6.61 Å². The molecule has 2 fully saturated rings. The number of ether oxygens (including phenoxy) is 1. The van der Waals surface area contributed by atoms with Gasteiger partial charge >= 0.3 is 6.03 Å². The zero-order valence-corrected chi connectivity index (χ0v) is 13.8. The lowest BCUT2D eigenvalue weighted by molar-refractivity contribution is -0.132. The highest BCUT2D eigenvalue weighted by Crippen LogP contribution is 2.42. The molecule has 0 unspecified atom stereocenters. The zero-order valence-electron chi connectivity index (χ0n) is 13.8. The molecule has 2 heterocycles. The standard InChI is InChI=1S/C17H18N4O4/c1-17(11-7-8-11)15(22)21(16(23)19-17)9-14-18-13(20-25-14)10-24-12-5-3-2-4-6-12/h2-6,11H,7-10H2,1H3,(H,19,23)/t17-/m1/s1. The summed E-state index contributed by atoms with van der Waals surface area (Å²) in [6.07, 6.45) is 1.91. The van der Waals surface area contributed by atoms with Crippen molar-refractivity contribution in [3.05, 3.63) is 42.0 Å². The molecule has 4 rings (SSSR count). The number of benzene rings is 1. The monoisotopic (exact) mass is 342 g/mol. The van der Waals surface area contributed by atoms with E-state index in [2.05, 4.69) is 15.5 Å². The van der Waals surface area contributed by atoms with Gasteiger partial charge in [-0.2, -0.15) is 4.98 Å². The molecule has 1 aromatic heterocycles. The Balaban J connectivity index is 1.39. The first-order valence-corrected chi connectivity index (χ1v) is 8.19. The maximum Gasteiger partial charge on any atom is 0.325 e. The molecule has 0 bridgehead atoms. The van der Waals surface area contributed by atoms with Crippen molar-refractivity contribution in [1.29, 1.82) is 0 Å². The Morgan fingerprint density at radius 3 is 2.80 bits per heavy atom. The van der Waals surface area contributed by atoms with Gasteiger partial charge in [0, 0.05) is 0 Å². The molecule has 2 aliphatic rings. The fourth-order valence-corrected chi connectivity index (χ4v) is 3.01. The van der Waals surface area contributed by atoms with Crippen molar-refractivity contribution in [3.63, 3.8) is 0 Å². The van der Waals surface area contributed by atoms with Crippen molar-refractivity contribution in [2.45, 2.75) is 38.5 Å². The molecule has 8 nitrogen and oxygen atoms in total. The molecule has 3 amide bonds. The second kappa shape index (κ2) is 5.87. The van der Waals surface area contributed by atoms with Crippen LogP contribution >= 0.6 is 0 Å². The second-order valence-corrected chi connectivity index (χ2v) is 6.50. The Labute approximate surface area is 144 Å². The summed E-state index contributed by atoms with van der Waals surface area (Å²) in [6, 6.07) is 8.86. The van der Waals surface area contributed by atoms with Gasteiger partial charge < -0.3 is 14.6 Å². The molecule has 130 valence electrons. The maximum atomic E-state index is 12.6. The Morgan fingerprint density at radius 2 is 2.08 bits per heavy atom. The Kier molecular flexibility index (Phi) is 3.67. The van der Waals surface area contributed by atoms with Gasteiger partial charge in [-0.25, -0.2) is 4.79 Å². The molecule has 2 aromatic rings. The third-order valence-electron chi connectivity index (χ3n) is 4.61. The van der Waals surface area contributed by atoms with Gasteiger partial charge in [0.25, 0.3) is 5.91 Å². The minimum absolute atomic E-state index is 0.0364. The summed E-state index contributed by atoms with van der Waals surface area (Å²) in [7, 11) is 0. The number of aromatic nitrogens is 2. The van der Waals surface area contributed by atoms with Crippen molar-refractivity contribution < 1.29 is 18.8 Å². The Morgan fingerprint density at radius 1 is 1.32 bits per heavy atom. The fraction of sp³-hybridized carbons (Fsp3) is 0.412. The minimum atomic E-state index is -0.809. The average Bonchev–Trinajstić information content (AvgIpc) is 3.34. The van der Waals surface area contributed by atoms with Gasteiger partial charge in [0.05, 0.1) is 0 Å². The van der Waals surface area contributed by atoms with Crippen molar-refractivity contribution in [2.75, 3.05) is 0 Å². The summed E-state index contributed by atoms with van der Waals surface area (Å²) in [4.78, 5) is 30.0. The lowest BCUT2D eigenvalue weighted by Gasteiger charge is -2.20. The molecule has 1 aliphatic carbocycles. The van der Waals surface area contributed by atoms with Gasteiger partial charge in [0.2, 0.25) is 11.7 Å². The van der Waals surface area contributed by atoms with E-state index in [1.807, 2.05) is 30.3 Å². The van der Waals surface area contributed by atoms with E-state index in [1.165, 1.54) is 0 Å². The smallest absolute Gasteiger partial charge is 0.325 e. The van der Waals surface area contributed by atoms with Crippen LogP contribution in [0.4, 0.5) is 4.79 Å². The van der Waals surface area contributed by atoms with E-state index in [-0.39, 0.29) is 30.9 Å². The van der Waals surface area contributed by atoms with Crippen molar-refractivity contribution >= 4 is 11.9 Å². The van der Waals surface area contributed by atoms with Crippen molar-refractivity contribution in [1.82, 2.24) is 20.4 Å². The van der Waals surface area contributed by atoms with E-state index in [4.69, 9.17) is 9.26 Å². The van der Waals surface area contributed by atoms with Gasteiger partial charge in [0.1, 0.15) is 17.8 Å². The average molecular weight is 342 g/mol. The van der Waals surface area contributed by atoms with Gasteiger partial charge in [-0.3, -0.25) is 9.69 Å². The van der Waals surface area contributed by atoms with Crippen LogP contribution in [0.1, 0.15) is 31.5 Å². The van der Waals surface area contributed by atoms with Crippen molar-refractivity contribution in [3.8, 4) is 5.75 Å². The molecule has 1 atom stereocenters. The maximum absolute atomic E-state index is 12.6. The molecular weight excluding hydrogens is 324 g/mol. The van der Waals surface area contributed by atoms with Crippen LogP contribution < -0.4 is 10.1 Å². The molecule has 1 aromatic carbocycles. The van der Waals surface area contributed by atoms with Crippen LogP contribution in [0.2, 0.25) is 0 Å². The van der Waals surface area contributed by atoms with Gasteiger partial charge in [-0.1, -0.05) is 23.4 Å². The molecule has 25 heavy (non-hydrogen) atoms. The van der Waals surface area contributed by atoms with E-state index < -0.39 is 11.6 Å². The number of imide groups is 1. The number of nitrogens with zero attached hydrogens (tertiary/aromatic N) is 3. The van der Waals surface area contributed by atoms with Gasteiger partial charge in [-0.05, 0) is 37.8 Å². The zero-order chi connectivity index (χ0) is 17.4. The molecular formula is C17H18N4O4. The van der Waals surface area contributed by atoms with E-state index in [1.54, 1.807) is 6.92 Å². The lowest BCUT2D eigenvalue weighted by atomic mass is 9.96. The van der Waals surface area contributed by atoms with Crippen LogP contribution in [0.3, 0.4) is 0 Å². The van der Waals surface area contributed by atoms with Crippen LogP contribution in [0.5, 0.6) is 5.75 Å². The van der Waals surface area contributed by atoms with E-state index in [0.717, 1.165) is 17.7 Å². The Hall–Kier alpha value is -2.90. The molecule has 0 radical (unpaired) electrons. The number of hydrogen-bond acceptors (Lipinski definition) is 6. The number of carbonyl (C=O) groups is 2. The SMILES string of the molecule is C[C@]1(C2CC2)NC(=O)N(Cc2nc(COc3ccccc3)no2)C1=O. The van der Waals surface area contributed by atoms with E-state index in [9.17, 15) is 9.59 Å². The highest BCUT2D eigenvalue weighted by atomic mass is 16.5. The highest BCUT2D eigenvalue weighted by Gasteiger charge is 2.56. The number of urea groups is 1. The predicted octanol–water partition coefficient (Wildman–Crippen LogP) is 1.87. The summed E-state index contributed by atoms with van der Waals surface area (Å²) in [5.74, 6) is 1.24. The quantitative estimate of drug-likeness (QED) is 0.805. The molecule has 1 saturated carbocycles. The summed E-state index contributed by atoms with van der Waals surface area (Å²) in [6.45, 7) is 1.89. The van der Waals surface area contributed by atoms with Crippen LogP contribution in [0.15, 0.2) is 34.9 Å². The number of hydrogen-bond donors (Lipinski definition) is 1. The van der Waals surface area contributed by atoms with Crippen LogP contribution in [0, 0.1) is 5.92 Å². The fourth-order valence-electron chi connectivity index (χ4n) is 3.01. The Bertz CT molecular complexity index is 802. The van der Waals surface area contributed by atoms with Crippen molar-refractivity contribution in [2.24, 2.45) is 5.92 Å². The number of amides is 3. The van der Waals surface area contributed by atoms with Crippen LogP contribution in [-0.2, 0) is 17.9 Å². The lowest BCUT2D eigenvalue weighted by Crippen LogP contribution is -2.46. The predicted molar refractivity (Wildman–Crippen MR) is 85.3 cm³/mol. The summed E-state index contributed by atoms with van der Waals surface area (Å²) in [5, 5.41) is 6.62. The molecule has 0 spiro atoms. The minimum Gasteiger partial charge on any atom is -0.485 e. The summed E-state index contributed by atoms with van der Waals surface area (Å²) in [5.41, 5.74) is -0.809. The normalized spacial score (nSPS) is 23.0. The molecule has 1 aliphatic heterocycles. The third-order valence-corrected chi connectivity index (χ3v) is 4.61. The number of para-hydroxylation sites is 1. The summed E-state index contributed by atoms with van der Waals surface area (Å²) < 4.78 is 10.7.